The van der Waals surface area contributed by atoms with Crippen LogP contribution in [0, 0.1) is 6.92 Å². The molecule has 0 spiro atoms. The molecular formula is C13H15F2N3S. The fourth-order valence-electron chi connectivity index (χ4n) is 1.67. The van der Waals surface area contributed by atoms with E-state index >= 15 is 0 Å². The predicted octanol–water partition coefficient (Wildman–Crippen LogP) is 3.66. The zero-order valence-electron chi connectivity index (χ0n) is 10.7. The van der Waals surface area contributed by atoms with Crippen molar-refractivity contribution >= 4 is 17.4 Å². The first-order chi connectivity index (χ1) is 9.06. The van der Waals surface area contributed by atoms with Crippen LogP contribution in [-0.4, -0.2) is 15.5 Å². The van der Waals surface area contributed by atoms with Gasteiger partial charge in [-0.25, -0.2) is 0 Å². The molecule has 1 aromatic heterocycles. The second-order valence-corrected chi connectivity index (χ2v) is 5.20. The van der Waals surface area contributed by atoms with E-state index in [1.54, 1.807) is 24.3 Å². The maximum absolute atomic E-state index is 12.2. The minimum absolute atomic E-state index is 0.553. The van der Waals surface area contributed by atoms with Gasteiger partial charge in [0.25, 0.3) is 5.76 Å². The number of halogens is 2. The Morgan fingerprint density at radius 1 is 1.32 bits per heavy atom. The largest absolute Gasteiger partial charge is 0.381 e. The zero-order valence-corrected chi connectivity index (χ0v) is 11.5. The molecule has 0 saturated heterocycles. The van der Waals surface area contributed by atoms with Crippen molar-refractivity contribution in [3.63, 3.8) is 0 Å². The molecule has 3 nitrogen and oxygen atoms in total. The Morgan fingerprint density at radius 2 is 2.00 bits per heavy atom. The van der Waals surface area contributed by atoms with Crippen LogP contribution in [-0.2, 0) is 13.6 Å². The average molecular weight is 283 g/mol. The SMILES string of the molecule is Cc1c(CNc2ccc(SC(F)F)cc2)cnn1C. The molecule has 0 saturated carbocycles. The van der Waals surface area contributed by atoms with Gasteiger partial charge in [0.15, 0.2) is 0 Å². The van der Waals surface area contributed by atoms with Gasteiger partial charge >= 0.3 is 0 Å². The quantitative estimate of drug-likeness (QED) is 0.849. The van der Waals surface area contributed by atoms with E-state index in [0.29, 0.717) is 23.2 Å². The number of thioether (sulfide) groups is 1. The van der Waals surface area contributed by atoms with Gasteiger partial charge in [0.05, 0.1) is 6.20 Å². The molecule has 2 aromatic rings. The summed E-state index contributed by atoms with van der Waals surface area (Å²) in [7, 11) is 1.90. The van der Waals surface area contributed by atoms with Crippen molar-refractivity contribution in [2.75, 3.05) is 5.32 Å². The minimum atomic E-state index is -2.38. The number of nitrogens with zero attached hydrogens (tertiary/aromatic N) is 2. The van der Waals surface area contributed by atoms with Crippen molar-refractivity contribution in [2.24, 2.45) is 7.05 Å². The van der Waals surface area contributed by atoms with E-state index in [4.69, 9.17) is 0 Å². The summed E-state index contributed by atoms with van der Waals surface area (Å²) in [5.41, 5.74) is 3.13. The van der Waals surface area contributed by atoms with Crippen molar-refractivity contribution in [2.45, 2.75) is 24.1 Å². The van der Waals surface area contributed by atoms with Crippen molar-refractivity contribution in [1.29, 1.82) is 0 Å². The molecule has 0 aliphatic rings. The smallest absolute Gasteiger partial charge is 0.288 e. The third-order valence-corrected chi connectivity index (χ3v) is 3.62. The second kappa shape index (κ2) is 6.06. The van der Waals surface area contributed by atoms with Crippen LogP contribution < -0.4 is 5.32 Å². The van der Waals surface area contributed by atoms with Gasteiger partial charge in [0.2, 0.25) is 0 Å². The molecule has 1 N–H and O–H groups in total. The molecule has 102 valence electrons. The molecule has 0 amide bonds. The molecule has 2 rings (SSSR count). The maximum atomic E-state index is 12.2. The number of hydrogen-bond acceptors (Lipinski definition) is 3. The standard InChI is InChI=1S/C13H15F2N3S/c1-9-10(8-17-18(9)2)7-16-11-3-5-12(6-4-11)19-13(14)15/h3-6,8,13,16H,7H2,1-2H3. The van der Waals surface area contributed by atoms with Crippen molar-refractivity contribution in [3.05, 3.63) is 41.7 Å². The van der Waals surface area contributed by atoms with Crippen LogP contribution in [0.3, 0.4) is 0 Å². The number of aromatic nitrogens is 2. The Kier molecular flexibility index (Phi) is 4.42. The lowest BCUT2D eigenvalue weighted by Gasteiger charge is -2.07. The first-order valence-corrected chi connectivity index (χ1v) is 6.70. The highest BCUT2D eigenvalue weighted by Gasteiger charge is 2.05. The van der Waals surface area contributed by atoms with Gasteiger partial charge in [-0.05, 0) is 31.2 Å². The van der Waals surface area contributed by atoms with E-state index in [1.165, 1.54) is 0 Å². The van der Waals surface area contributed by atoms with Gasteiger partial charge in [-0.1, -0.05) is 11.8 Å². The van der Waals surface area contributed by atoms with E-state index in [-0.39, 0.29) is 0 Å². The summed E-state index contributed by atoms with van der Waals surface area (Å²) in [4.78, 5) is 0.568. The van der Waals surface area contributed by atoms with Gasteiger partial charge in [-0.3, -0.25) is 4.68 Å². The number of anilines is 1. The van der Waals surface area contributed by atoms with E-state index in [1.807, 2.05) is 24.9 Å². The number of hydrogen-bond donors (Lipinski definition) is 1. The summed E-state index contributed by atoms with van der Waals surface area (Å²) in [6, 6.07) is 6.98. The average Bonchev–Trinajstić information content (AvgIpc) is 2.69. The normalized spacial score (nSPS) is 11.0. The number of nitrogens with one attached hydrogen (secondary N) is 1. The summed E-state index contributed by atoms with van der Waals surface area (Å²) in [6.45, 7) is 2.67. The number of rotatable bonds is 5. The van der Waals surface area contributed by atoms with Gasteiger partial charge in [0.1, 0.15) is 0 Å². The lowest BCUT2D eigenvalue weighted by atomic mass is 10.2. The molecule has 1 aromatic carbocycles. The Labute approximate surface area is 115 Å². The monoisotopic (exact) mass is 283 g/mol. The summed E-state index contributed by atoms with van der Waals surface area (Å²) < 4.78 is 26.2. The molecule has 0 aliphatic carbocycles. The number of benzene rings is 1. The number of aryl methyl sites for hydroxylation is 1. The van der Waals surface area contributed by atoms with Crippen LogP contribution >= 0.6 is 11.8 Å². The van der Waals surface area contributed by atoms with Crippen molar-refractivity contribution in [1.82, 2.24) is 9.78 Å². The van der Waals surface area contributed by atoms with E-state index in [0.717, 1.165) is 16.9 Å². The third-order valence-electron chi connectivity index (χ3n) is 2.90. The summed E-state index contributed by atoms with van der Waals surface area (Å²) in [5.74, 6) is -2.38. The van der Waals surface area contributed by atoms with Gasteiger partial charge in [0, 0.05) is 35.4 Å². The Hall–Kier alpha value is -1.56. The molecule has 0 fully saturated rings. The molecule has 1 heterocycles. The van der Waals surface area contributed by atoms with E-state index in [2.05, 4.69) is 10.4 Å². The summed E-state index contributed by atoms with van der Waals surface area (Å²) in [5, 5.41) is 7.41. The van der Waals surface area contributed by atoms with Gasteiger partial charge in [-0.2, -0.15) is 13.9 Å². The minimum Gasteiger partial charge on any atom is -0.381 e. The first-order valence-electron chi connectivity index (χ1n) is 5.82. The molecule has 0 bridgehead atoms. The second-order valence-electron chi connectivity index (χ2n) is 4.14. The molecule has 0 radical (unpaired) electrons. The number of alkyl halides is 2. The van der Waals surface area contributed by atoms with Crippen LogP contribution in [0.1, 0.15) is 11.3 Å². The maximum Gasteiger partial charge on any atom is 0.288 e. The van der Waals surface area contributed by atoms with E-state index < -0.39 is 5.76 Å². The molecule has 0 unspecified atom stereocenters. The zero-order chi connectivity index (χ0) is 13.8. The van der Waals surface area contributed by atoms with Gasteiger partial charge in [-0.15, -0.1) is 0 Å². The molecule has 6 heteroatoms. The highest BCUT2D eigenvalue weighted by atomic mass is 32.2. The summed E-state index contributed by atoms with van der Waals surface area (Å²) >= 11 is 0.553. The Morgan fingerprint density at radius 3 is 2.53 bits per heavy atom. The van der Waals surface area contributed by atoms with Gasteiger partial charge < -0.3 is 5.32 Å². The van der Waals surface area contributed by atoms with Crippen LogP contribution in [0.15, 0.2) is 35.4 Å². The molecule has 19 heavy (non-hydrogen) atoms. The third kappa shape index (κ3) is 3.70. The fraction of sp³-hybridized carbons (Fsp3) is 0.308. The highest BCUT2D eigenvalue weighted by molar-refractivity contribution is 7.99. The lowest BCUT2D eigenvalue weighted by molar-refractivity contribution is 0.252. The van der Waals surface area contributed by atoms with Crippen molar-refractivity contribution < 1.29 is 8.78 Å². The lowest BCUT2D eigenvalue weighted by Crippen LogP contribution is -2.01. The predicted molar refractivity (Wildman–Crippen MR) is 73.6 cm³/mol. The van der Waals surface area contributed by atoms with Crippen LogP contribution in [0.2, 0.25) is 0 Å². The molecule has 0 aliphatic heterocycles. The van der Waals surface area contributed by atoms with Crippen LogP contribution in [0.5, 0.6) is 0 Å². The summed E-state index contributed by atoms with van der Waals surface area (Å²) in [6.07, 6.45) is 1.82. The van der Waals surface area contributed by atoms with Crippen LogP contribution in [0.4, 0.5) is 14.5 Å². The fourth-order valence-corrected chi connectivity index (χ4v) is 2.17. The molecule has 0 atom stereocenters. The Bertz CT molecular complexity index is 537. The van der Waals surface area contributed by atoms with Crippen LogP contribution in [0.25, 0.3) is 0 Å². The topological polar surface area (TPSA) is 29.9 Å². The Balaban J connectivity index is 1.95. The first kappa shape index (κ1) is 13.9. The van der Waals surface area contributed by atoms with Crippen molar-refractivity contribution in [3.8, 4) is 0 Å². The molecular weight excluding hydrogens is 268 g/mol. The highest BCUT2D eigenvalue weighted by Crippen LogP contribution is 2.26. The van der Waals surface area contributed by atoms with E-state index in [9.17, 15) is 8.78 Å².